The summed E-state index contributed by atoms with van der Waals surface area (Å²) in [6.45, 7) is 0.810. The van der Waals surface area contributed by atoms with Crippen molar-refractivity contribution >= 4 is 34.7 Å². The SMILES string of the molecule is NC(=O)C(NC(=O)C1[C@@H]2CC[C@@H]1CN(C(=O)c1nc3ccccc3[nH]1)C2)C(N)=O. The molecule has 4 rings (SSSR count). The Hall–Kier alpha value is -3.43. The molecule has 2 fully saturated rings. The second kappa shape index (κ2) is 7.19. The summed E-state index contributed by atoms with van der Waals surface area (Å²) in [7, 11) is 0. The van der Waals surface area contributed by atoms with Crippen LogP contribution in [-0.2, 0) is 14.4 Å². The van der Waals surface area contributed by atoms with E-state index in [9.17, 15) is 19.2 Å². The highest BCUT2D eigenvalue weighted by molar-refractivity contribution is 6.06. The highest BCUT2D eigenvalue weighted by Crippen LogP contribution is 2.42. The lowest BCUT2D eigenvalue weighted by Gasteiger charge is -2.37. The Kier molecular flexibility index (Phi) is 4.69. The van der Waals surface area contributed by atoms with Gasteiger partial charge in [-0.05, 0) is 36.8 Å². The van der Waals surface area contributed by atoms with E-state index in [-0.39, 0.29) is 23.6 Å². The number of benzene rings is 1. The highest BCUT2D eigenvalue weighted by Gasteiger charge is 2.48. The van der Waals surface area contributed by atoms with Gasteiger partial charge in [-0.2, -0.15) is 0 Å². The molecule has 6 N–H and O–H groups in total. The number of aromatic nitrogens is 2. The number of para-hydroxylation sites is 2. The predicted molar refractivity (Wildman–Crippen MR) is 102 cm³/mol. The molecule has 2 aliphatic rings. The van der Waals surface area contributed by atoms with E-state index < -0.39 is 29.7 Å². The lowest BCUT2D eigenvalue weighted by atomic mass is 9.84. The Morgan fingerprint density at radius 2 is 1.69 bits per heavy atom. The number of carbonyl (C=O) groups is 4. The molecule has 1 aliphatic carbocycles. The van der Waals surface area contributed by atoms with Crippen LogP contribution in [0.3, 0.4) is 0 Å². The minimum atomic E-state index is -1.53. The van der Waals surface area contributed by atoms with Crippen molar-refractivity contribution < 1.29 is 19.2 Å². The molecule has 1 aromatic heterocycles. The lowest BCUT2D eigenvalue weighted by molar-refractivity contribution is -0.137. The smallest absolute Gasteiger partial charge is 0.289 e. The van der Waals surface area contributed by atoms with Crippen LogP contribution in [0.4, 0.5) is 0 Å². The van der Waals surface area contributed by atoms with Gasteiger partial charge in [-0.25, -0.2) is 4.98 Å². The Morgan fingerprint density at radius 3 is 2.28 bits per heavy atom. The molecule has 2 aromatic rings. The molecule has 1 aliphatic heterocycles. The van der Waals surface area contributed by atoms with Crippen molar-refractivity contribution in [1.29, 1.82) is 0 Å². The van der Waals surface area contributed by atoms with Crippen molar-refractivity contribution in [2.45, 2.75) is 18.9 Å². The third-order valence-electron chi connectivity index (χ3n) is 5.87. The normalized spacial score (nSPS) is 23.3. The molecular weight excluding hydrogens is 376 g/mol. The predicted octanol–water partition coefficient (Wildman–Crippen LogP) is -0.883. The van der Waals surface area contributed by atoms with Crippen LogP contribution in [-0.4, -0.2) is 57.6 Å². The van der Waals surface area contributed by atoms with Gasteiger partial charge in [0.15, 0.2) is 11.9 Å². The molecule has 0 unspecified atom stereocenters. The van der Waals surface area contributed by atoms with Gasteiger partial charge in [0.2, 0.25) is 17.7 Å². The van der Waals surface area contributed by atoms with Crippen LogP contribution in [0.15, 0.2) is 24.3 Å². The quantitative estimate of drug-likeness (QED) is 0.479. The van der Waals surface area contributed by atoms with E-state index >= 15 is 0 Å². The zero-order chi connectivity index (χ0) is 20.7. The third kappa shape index (κ3) is 3.41. The van der Waals surface area contributed by atoms with Crippen LogP contribution >= 0.6 is 0 Å². The summed E-state index contributed by atoms with van der Waals surface area (Å²) in [5, 5.41) is 2.37. The van der Waals surface area contributed by atoms with Crippen molar-refractivity contribution in [3.05, 3.63) is 30.1 Å². The number of piperidine rings is 1. The summed E-state index contributed by atoms with van der Waals surface area (Å²) in [4.78, 5) is 57.4. The summed E-state index contributed by atoms with van der Waals surface area (Å²) in [6, 6.07) is 5.87. The van der Waals surface area contributed by atoms with Gasteiger partial charge in [0.25, 0.3) is 5.91 Å². The van der Waals surface area contributed by atoms with Gasteiger partial charge in [0.05, 0.1) is 11.0 Å². The number of imidazole rings is 1. The van der Waals surface area contributed by atoms with Crippen LogP contribution in [0.5, 0.6) is 0 Å². The molecule has 2 heterocycles. The number of rotatable bonds is 5. The Morgan fingerprint density at radius 1 is 1.07 bits per heavy atom. The average molecular weight is 398 g/mol. The van der Waals surface area contributed by atoms with Gasteiger partial charge in [0.1, 0.15) is 0 Å². The number of amides is 4. The van der Waals surface area contributed by atoms with Crippen molar-refractivity contribution in [1.82, 2.24) is 20.2 Å². The average Bonchev–Trinajstić information content (AvgIpc) is 3.23. The van der Waals surface area contributed by atoms with Gasteiger partial charge >= 0.3 is 0 Å². The number of nitrogens with two attached hydrogens (primary N) is 2. The number of likely N-dealkylation sites (tertiary alicyclic amines) is 1. The van der Waals surface area contributed by atoms with Gasteiger partial charge in [-0.1, -0.05) is 12.1 Å². The Bertz CT molecular complexity index is 941. The summed E-state index contributed by atoms with van der Waals surface area (Å²) in [5.74, 6) is -2.86. The van der Waals surface area contributed by atoms with Crippen molar-refractivity contribution in [2.24, 2.45) is 29.2 Å². The zero-order valence-electron chi connectivity index (χ0n) is 15.6. The summed E-state index contributed by atoms with van der Waals surface area (Å²) < 4.78 is 0. The zero-order valence-corrected chi connectivity index (χ0v) is 15.6. The van der Waals surface area contributed by atoms with Crippen LogP contribution < -0.4 is 16.8 Å². The van der Waals surface area contributed by atoms with E-state index in [1.54, 1.807) is 4.90 Å². The number of nitrogens with one attached hydrogen (secondary N) is 2. The summed E-state index contributed by atoms with van der Waals surface area (Å²) in [5.41, 5.74) is 11.8. The first-order valence-electron chi connectivity index (χ1n) is 9.48. The van der Waals surface area contributed by atoms with E-state index in [0.29, 0.717) is 13.1 Å². The number of nitrogens with zero attached hydrogens (tertiary/aromatic N) is 2. The molecule has 0 radical (unpaired) electrons. The minimum absolute atomic E-state index is 0.0662. The molecule has 4 amide bonds. The maximum absolute atomic E-state index is 12.9. The van der Waals surface area contributed by atoms with Crippen molar-refractivity contribution in [2.75, 3.05) is 13.1 Å². The minimum Gasteiger partial charge on any atom is -0.367 e. The molecule has 2 atom stereocenters. The van der Waals surface area contributed by atoms with Crippen LogP contribution in [0.1, 0.15) is 23.5 Å². The fraction of sp³-hybridized carbons (Fsp3) is 0.421. The molecule has 10 heteroatoms. The second-order valence-electron chi connectivity index (χ2n) is 7.68. The van der Waals surface area contributed by atoms with Crippen LogP contribution in [0, 0.1) is 17.8 Å². The Balaban J connectivity index is 1.47. The molecular formula is C19H22N6O4. The fourth-order valence-corrected chi connectivity index (χ4v) is 4.54. The first kappa shape index (κ1) is 18.9. The van der Waals surface area contributed by atoms with Crippen LogP contribution in [0.2, 0.25) is 0 Å². The van der Waals surface area contributed by atoms with Crippen LogP contribution in [0.25, 0.3) is 11.0 Å². The Labute approximate surface area is 166 Å². The lowest BCUT2D eigenvalue weighted by Crippen LogP contribution is -2.57. The number of primary amides is 2. The van der Waals surface area contributed by atoms with E-state index in [4.69, 9.17) is 11.5 Å². The first-order chi connectivity index (χ1) is 13.8. The van der Waals surface area contributed by atoms with Gasteiger partial charge in [-0.15, -0.1) is 0 Å². The second-order valence-corrected chi connectivity index (χ2v) is 7.68. The van der Waals surface area contributed by atoms with Crippen molar-refractivity contribution in [3.8, 4) is 0 Å². The topological polar surface area (TPSA) is 164 Å². The number of carbonyl (C=O) groups excluding carboxylic acids is 4. The van der Waals surface area contributed by atoms with E-state index in [1.807, 2.05) is 24.3 Å². The van der Waals surface area contributed by atoms with E-state index in [0.717, 1.165) is 23.9 Å². The monoisotopic (exact) mass is 398 g/mol. The molecule has 152 valence electrons. The molecule has 1 aromatic carbocycles. The maximum atomic E-state index is 12.9. The van der Waals surface area contributed by atoms with Gasteiger partial charge < -0.3 is 26.7 Å². The number of hydrogen-bond acceptors (Lipinski definition) is 5. The highest BCUT2D eigenvalue weighted by atomic mass is 16.2. The molecule has 1 saturated heterocycles. The molecule has 2 bridgehead atoms. The number of H-pyrrole nitrogens is 1. The van der Waals surface area contributed by atoms with Gasteiger partial charge in [0, 0.05) is 19.0 Å². The molecule has 0 spiro atoms. The van der Waals surface area contributed by atoms with Crippen molar-refractivity contribution in [3.63, 3.8) is 0 Å². The first-order valence-corrected chi connectivity index (χ1v) is 9.48. The number of hydrogen-bond donors (Lipinski definition) is 4. The standard InChI is InChI=1S/C19H22N6O4/c20-15(26)14(16(21)27)24-18(28)13-9-5-6-10(13)8-25(7-9)19(29)17-22-11-3-1-2-4-12(11)23-17/h1-4,9-10,13-14H,5-8H2,(H2,20,26)(H2,21,27)(H,22,23)(H,24,28)/t9-,10-/m1/s1. The fourth-order valence-electron chi connectivity index (χ4n) is 4.54. The number of aromatic amines is 1. The van der Waals surface area contributed by atoms with E-state index in [2.05, 4.69) is 15.3 Å². The molecule has 10 nitrogen and oxygen atoms in total. The van der Waals surface area contributed by atoms with E-state index in [1.165, 1.54) is 0 Å². The third-order valence-corrected chi connectivity index (χ3v) is 5.87. The largest absolute Gasteiger partial charge is 0.367 e. The molecule has 1 saturated carbocycles. The summed E-state index contributed by atoms with van der Waals surface area (Å²) in [6.07, 6.45) is 1.56. The summed E-state index contributed by atoms with van der Waals surface area (Å²) >= 11 is 0. The molecule has 29 heavy (non-hydrogen) atoms. The number of fused-ring (bicyclic) bond motifs is 3. The van der Waals surface area contributed by atoms with Gasteiger partial charge in [-0.3, -0.25) is 19.2 Å². The maximum Gasteiger partial charge on any atom is 0.289 e.